The number of fused-ring (bicyclic) bond motifs is 2. The summed E-state index contributed by atoms with van der Waals surface area (Å²) in [5.41, 5.74) is 2.64. The largest absolute Gasteiger partial charge is 0.454 e. The Morgan fingerprint density at radius 3 is 2.73 bits per heavy atom. The Bertz CT molecular complexity index is 768. The number of hydrogen-bond donors (Lipinski definition) is 2. The lowest BCUT2D eigenvalue weighted by Crippen LogP contribution is -2.13. The fraction of sp³-hybridized carbons (Fsp3) is 0.176. The molecule has 0 saturated heterocycles. The number of carbonyl (C=O) groups excluding carboxylic acids is 2. The average Bonchev–Trinajstić information content (AvgIpc) is 2.63. The van der Waals surface area contributed by atoms with Gasteiger partial charge in [-0.1, -0.05) is 13.0 Å². The first kappa shape index (κ1) is 14.1. The van der Waals surface area contributed by atoms with Crippen LogP contribution in [0.2, 0.25) is 0 Å². The maximum absolute atomic E-state index is 12.4. The zero-order valence-electron chi connectivity index (χ0n) is 12.4. The van der Waals surface area contributed by atoms with E-state index < -0.39 is 0 Å². The number of hydrogen-bond acceptors (Lipinski definition) is 3. The molecule has 2 aromatic rings. The lowest BCUT2D eigenvalue weighted by atomic mass is 10.1. The van der Waals surface area contributed by atoms with Crippen LogP contribution in [0.4, 0.5) is 11.4 Å². The van der Waals surface area contributed by atoms with E-state index in [2.05, 4.69) is 10.6 Å². The summed E-state index contributed by atoms with van der Waals surface area (Å²) >= 11 is 0. The van der Waals surface area contributed by atoms with Crippen molar-refractivity contribution >= 4 is 23.2 Å². The number of benzene rings is 2. The highest BCUT2D eigenvalue weighted by Gasteiger charge is 2.21. The van der Waals surface area contributed by atoms with Crippen LogP contribution in [0, 0.1) is 6.92 Å². The number of aryl methyl sites for hydroxylation is 1. The molecular weight excluding hydrogens is 280 g/mol. The van der Waals surface area contributed by atoms with Gasteiger partial charge in [-0.2, -0.15) is 0 Å². The van der Waals surface area contributed by atoms with Crippen molar-refractivity contribution < 1.29 is 14.3 Å². The van der Waals surface area contributed by atoms with Crippen molar-refractivity contribution in [1.29, 1.82) is 0 Å². The summed E-state index contributed by atoms with van der Waals surface area (Å²) in [5.74, 6) is 0.707. The summed E-state index contributed by atoms with van der Waals surface area (Å²) < 4.78 is 5.82. The van der Waals surface area contributed by atoms with E-state index in [9.17, 15) is 9.59 Å². The smallest absolute Gasteiger partial charge is 0.259 e. The Labute approximate surface area is 128 Å². The molecule has 0 spiro atoms. The van der Waals surface area contributed by atoms with Gasteiger partial charge in [0.05, 0.1) is 11.3 Å². The standard InChI is InChI=1S/C17H16N2O3/c1-3-16(20)18-11-5-7-14-12(9-11)17(21)19-13-8-10(2)4-6-15(13)22-14/h4-9H,3H2,1-2H3,(H,18,20)(H,19,21). The van der Waals surface area contributed by atoms with Crippen molar-refractivity contribution in [3.63, 3.8) is 0 Å². The molecule has 0 bridgehead atoms. The number of carbonyl (C=O) groups is 2. The normalized spacial score (nSPS) is 12.4. The van der Waals surface area contributed by atoms with Crippen LogP contribution in [0.1, 0.15) is 29.3 Å². The Morgan fingerprint density at radius 2 is 1.95 bits per heavy atom. The van der Waals surface area contributed by atoms with Gasteiger partial charge in [-0.05, 0) is 42.8 Å². The second-order valence-corrected chi connectivity index (χ2v) is 5.17. The number of amides is 2. The highest BCUT2D eigenvalue weighted by molar-refractivity contribution is 6.09. The van der Waals surface area contributed by atoms with E-state index in [1.54, 1.807) is 25.1 Å². The second-order valence-electron chi connectivity index (χ2n) is 5.17. The molecule has 0 unspecified atom stereocenters. The van der Waals surface area contributed by atoms with Gasteiger partial charge >= 0.3 is 0 Å². The average molecular weight is 296 g/mol. The van der Waals surface area contributed by atoms with E-state index in [0.717, 1.165) is 5.56 Å². The van der Waals surface area contributed by atoms with Gasteiger partial charge in [0.25, 0.3) is 5.91 Å². The molecule has 5 nitrogen and oxygen atoms in total. The Balaban J connectivity index is 1.98. The molecule has 1 aliphatic heterocycles. The minimum absolute atomic E-state index is 0.103. The zero-order valence-corrected chi connectivity index (χ0v) is 12.4. The van der Waals surface area contributed by atoms with E-state index in [-0.39, 0.29) is 11.8 Å². The summed E-state index contributed by atoms with van der Waals surface area (Å²) in [5, 5.41) is 5.58. The highest BCUT2D eigenvalue weighted by atomic mass is 16.5. The SMILES string of the molecule is CCC(=O)Nc1ccc2c(c1)C(=O)Nc1cc(C)ccc1O2. The Morgan fingerprint density at radius 1 is 1.18 bits per heavy atom. The fourth-order valence-corrected chi connectivity index (χ4v) is 2.26. The van der Waals surface area contributed by atoms with Crippen molar-refractivity contribution in [2.24, 2.45) is 0 Å². The fourth-order valence-electron chi connectivity index (χ4n) is 2.26. The number of rotatable bonds is 2. The van der Waals surface area contributed by atoms with Gasteiger partial charge in [-0.3, -0.25) is 9.59 Å². The third kappa shape index (κ3) is 2.65. The molecule has 2 aromatic carbocycles. The summed E-state index contributed by atoms with van der Waals surface area (Å²) in [6, 6.07) is 10.6. The van der Waals surface area contributed by atoms with Gasteiger partial charge in [-0.15, -0.1) is 0 Å². The quantitative estimate of drug-likeness (QED) is 0.888. The molecule has 0 fully saturated rings. The molecule has 2 amide bonds. The zero-order chi connectivity index (χ0) is 15.7. The van der Waals surface area contributed by atoms with Crippen molar-refractivity contribution in [2.45, 2.75) is 20.3 Å². The van der Waals surface area contributed by atoms with Crippen LogP contribution in [0.3, 0.4) is 0 Å². The molecule has 0 aliphatic carbocycles. The Kier molecular flexibility index (Phi) is 3.55. The predicted molar refractivity (Wildman–Crippen MR) is 84.6 cm³/mol. The molecule has 3 rings (SSSR count). The first-order chi connectivity index (χ1) is 10.6. The minimum atomic E-state index is -0.257. The van der Waals surface area contributed by atoms with Crippen LogP contribution in [-0.2, 0) is 4.79 Å². The lowest BCUT2D eigenvalue weighted by molar-refractivity contribution is -0.115. The molecule has 0 atom stereocenters. The van der Waals surface area contributed by atoms with Crippen LogP contribution < -0.4 is 15.4 Å². The molecule has 5 heteroatoms. The van der Waals surface area contributed by atoms with Crippen molar-refractivity contribution in [1.82, 2.24) is 0 Å². The monoisotopic (exact) mass is 296 g/mol. The summed E-state index contributed by atoms with van der Waals surface area (Å²) in [7, 11) is 0. The molecule has 1 aliphatic rings. The molecular formula is C17H16N2O3. The van der Waals surface area contributed by atoms with E-state index in [4.69, 9.17) is 4.74 Å². The highest BCUT2D eigenvalue weighted by Crippen LogP contribution is 2.37. The molecule has 0 aromatic heterocycles. The van der Waals surface area contributed by atoms with E-state index in [1.165, 1.54) is 0 Å². The number of ether oxygens (including phenoxy) is 1. The molecule has 0 saturated carbocycles. The van der Waals surface area contributed by atoms with E-state index in [0.29, 0.717) is 34.9 Å². The third-order valence-corrected chi connectivity index (χ3v) is 3.43. The molecule has 22 heavy (non-hydrogen) atoms. The van der Waals surface area contributed by atoms with Gasteiger partial charge < -0.3 is 15.4 Å². The van der Waals surface area contributed by atoms with Crippen molar-refractivity contribution in [2.75, 3.05) is 10.6 Å². The lowest BCUT2D eigenvalue weighted by Gasteiger charge is -2.09. The van der Waals surface area contributed by atoms with E-state index in [1.807, 2.05) is 25.1 Å². The second kappa shape index (κ2) is 5.52. The van der Waals surface area contributed by atoms with Gasteiger partial charge in [0.2, 0.25) is 5.91 Å². The molecule has 0 radical (unpaired) electrons. The first-order valence-electron chi connectivity index (χ1n) is 7.10. The van der Waals surface area contributed by atoms with E-state index >= 15 is 0 Å². The number of nitrogens with one attached hydrogen (secondary N) is 2. The van der Waals surface area contributed by atoms with Gasteiger partial charge in [-0.25, -0.2) is 0 Å². The maximum Gasteiger partial charge on any atom is 0.259 e. The summed E-state index contributed by atoms with van der Waals surface area (Å²) in [4.78, 5) is 23.9. The van der Waals surface area contributed by atoms with Gasteiger partial charge in [0.15, 0.2) is 5.75 Å². The van der Waals surface area contributed by atoms with Gasteiger partial charge in [0, 0.05) is 12.1 Å². The minimum Gasteiger partial charge on any atom is -0.454 e. The van der Waals surface area contributed by atoms with Crippen LogP contribution in [-0.4, -0.2) is 11.8 Å². The molecule has 1 heterocycles. The third-order valence-electron chi connectivity index (χ3n) is 3.43. The van der Waals surface area contributed by atoms with Gasteiger partial charge in [0.1, 0.15) is 5.75 Å². The summed E-state index contributed by atoms with van der Waals surface area (Å²) in [6.07, 6.45) is 0.379. The van der Waals surface area contributed by atoms with Crippen molar-refractivity contribution in [3.05, 3.63) is 47.5 Å². The topological polar surface area (TPSA) is 67.4 Å². The maximum atomic E-state index is 12.4. The Hall–Kier alpha value is -2.82. The van der Waals surface area contributed by atoms with Crippen LogP contribution >= 0.6 is 0 Å². The first-order valence-corrected chi connectivity index (χ1v) is 7.10. The molecule has 112 valence electrons. The van der Waals surface area contributed by atoms with Crippen LogP contribution in [0.15, 0.2) is 36.4 Å². The molecule has 2 N–H and O–H groups in total. The summed E-state index contributed by atoms with van der Waals surface area (Å²) in [6.45, 7) is 3.72. The predicted octanol–water partition coefficient (Wildman–Crippen LogP) is 3.70. The van der Waals surface area contributed by atoms with Crippen LogP contribution in [0.25, 0.3) is 0 Å². The number of anilines is 2. The van der Waals surface area contributed by atoms with Crippen LogP contribution in [0.5, 0.6) is 11.5 Å². The van der Waals surface area contributed by atoms with Crippen molar-refractivity contribution in [3.8, 4) is 11.5 Å².